The second kappa shape index (κ2) is 11.2. The molecule has 0 amide bonds. The van der Waals surface area contributed by atoms with E-state index in [9.17, 15) is 30.6 Å². The molecule has 0 heterocycles. The minimum atomic E-state index is -1.67. The summed E-state index contributed by atoms with van der Waals surface area (Å²) in [6, 6.07) is 12.3. The predicted molar refractivity (Wildman–Crippen MR) is 143 cm³/mol. The summed E-state index contributed by atoms with van der Waals surface area (Å²) in [5.41, 5.74) is 0.936. The minimum absolute atomic E-state index is 0.0282. The Kier molecular flexibility index (Phi) is 7.75. The van der Waals surface area contributed by atoms with E-state index in [1.54, 1.807) is 6.08 Å². The van der Waals surface area contributed by atoms with Crippen molar-refractivity contribution in [1.29, 1.82) is 0 Å². The topological polar surface area (TPSA) is 127 Å². The van der Waals surface area contributed by atoms with Crippen LogP contribution >= 0.6 is 0 Å². The van der Waals surface area contributed by atoms with Gasteiger partial charge in [0.05, 0.1) is 17.8 Å². The number of aromatic hydroxyl groups is 2. The zero-order valence-corrected chi connectivity index (χ0v) is 21.3. The van der Waals surface area contributed by atoms with Gasteiger partial charge in [-0.2, -0.15) is 0 Å². The molecule has 0 aliphatic heterocycles. The number of phenolic OH excluding ortho intramolecular Hbond substituents is 2. The molecular weight excluding hydrogens is 480 g/mol. The number of hydrogen-bond donors (Lipinski definition) is 4. The van der Waals surface area contributed by atoms with Crippen molar-refractivity contribution in [2.75, 3.05) is 0 Å². The molecule has 3 unspecified atom stereocenters. The Bertz CT molecular complexity index is 1250. The third-order valence-corrected chi connectivity index (χ3v) is 8.06. The van der Waals surface area contributed by atoms with Gasteiger partial charge in [-0.15, -0.1) is 5.76 Å². The molecule has 6 nitrogen and oxygen atoms in total. The number of benzene rings is 2. The van der Waals surface area contributed by atoms with E-state index in [1.807, 2.05) is 36.4 Å². The molecule has 2 aromatic rings. The predicted octanol–water partition coefficient (Wildman–Crippen LogP) is 3.65. The largest absolute Gasteiger partial charge is 0.872 e. The van der Waals surface area contributed by atoms with Crippen LogP contribution < -0.4 is 10.2 Å². The average Bonchev–Trinajstić information content (AvgIpc) is 2.91. The third-order valence-electron chi connectivity index (χ3n) is 8.06. The quantitative estimate of drug-likeness (QED) is 0.356. The second-order valence-corrected chi connectivity index (χ2v) is 10.7. The van der Waals surface area contributed by atoms with Gasteiger partial charge in [-0.25, -0.2) is 0 Å². The normalized spacial score (nSPS) is 26.9. The first-order valence-electron chi connectivity index (χ1n) is 13.5. The highest BCUT2D eigenvalue weighted by Gasteiger charge is 2.37. The summed E-state index contributed by atoms with van der Waals surface area (Å²) in [5.74, 6) is -0.881. The van der Waals surface area contributed by atoms with E-state index in [-0.39, 0.29) is 39.7 Å². The van der Waals surface area contributed by atoms with Crippen LogP contribution in [-0.2, 0) is 0 Å². The second-order valence-electron chi connectivity index (χ2n) is 10.7. The molecule has 4 N–H and O–H groups in total. The molecule has 38 heavy (non-hydrogen) atoms. The summed E-state index contributed by atoms with van der Waals surface area (Å²) in [6.45, 7) is 0. The van der Waals surface area contributed by atoms with E-state index in [0.29, 0.717) is 24.3 Å². The van der Waals surface area contributed by atoms with Crippen molar-refractivity contribution in [1.82, 2.24) is 0 Å². The number of hydrogen-bond acceptors (Lipinski definition) is 6. The highest BCUT2D eigenvalue weighted by molar-refractivity contribution is 5.90. The van der Waals surface area contributed by atoms with Crippen molar-refractivity contribution >= 4 is 17.7 Å². The van der Waals surface area contributed by atoms with E-state index >= 15 is 0 Å². The van der Waals surface area contributed by atoms with Gasteiger partial charge in [0.15, 0.2) is 0 Å². The van der Waals surface area contributed by atoms with Crippen LogP contribution in [0.2, 0.25) is 0 Å². The van der Waals surface area contributed by atoms with Crippen LogP contribution in [0.25, 0.3) is 17.7 Å². The Hall–Kier alpha value is -3.32. The Morgan fingerprint density at radius 3 is 1.92 bits per heavy atom. The van der Waals surface area contributed by atoms with E-state index < -0.39 is 24.1 Å². The lowest BCUT2D eigenvalue weighted by atomic mass is 9.72. The maximum absolute atomic E-state index is 13.2. The van der Waals surface area contributed by atoms with Crippen molar-refractivity contribution in [3.63, 3.8) is 0 Å². The Labute approximate surface area is 223 Å². The van der Waals surface area contributed by atoms with Crippen LogP contribution in [0.15, 0.2) is 71.5 Å². The van der Waals surface area contributed by atoms with Crippen molar-refractivity contribution in [3.8, 4) is 11.5 Å². The van der Waals surface area contributed by atoms with Gasteiger partial charge in [0.2, 0.25) is 0 Å². The molecule has 0 saturated heterocycles. The summed E-state index contributed by atoms with van der Waals surface area (Å²) in [6.07, 6.45) is 10.7. The zero-order valence-electron chi connectivity index (χ0n) is 21.3. The van der Waals surface area contributed by atoms with E-state index in [2.05, 4.69) is 12.2 Å². The van der Waals surface area contributed by atoms with Gasteiger partial charge in [-0.3, -0.25) is 0 Å². The first kappa shape index (κ1) is 26.3. The molecule has 3 aliphatic carbocycles. The van der Waals surface area contributed by atoms with Crippen molar-refractivity contribution in [2.45, 2.75) is 63.3 Å². The molecule has 6 heteroatoms. The molecule has 2 fully saturated rings. The van der Waals surface area contributed by atoms with Gasteiger partial charge in [0, 0.05) is 0 Å². The van der Waals surface area contributed by atoms with E-state index in [0.717, 1.165) is 5.56 Å². The summed E-state index contributed by atoms with van der Waals surface area (Å²) >= 11 is 0. The monoisotopic (exact) mass is 514 g/mol. The van der Waals surface area contributed by atoms with E-state index in [4.69, 9.17) is 0 Å². The lowest BCUT2D eigenvalue weighted by Crippen LogP contribution is -2.47. The lowest BCUT2D eigenvalue weighted by Gasteiger charge is -2.49. The van der Waals surface area contributed by atoms with Crippen molar-refractivity contribution < 1.29 is 30.6 Å². The van der Waals surface area contributed by atoms with Crippen LogP contribution in [0.3, 0.4) is 0 Å². The minimum Gasteiger partial charge on any atom is -0.872 e. The molecule has 200 valence electrons. The summed E-state index contributed by atoms with van der Waals surface area (Å²) in [7, 11) is 0. The van der Waals surface area contributed by atoms with Crippen LogP contribution in [0.4, 0.5) is 0 Å². The fourth-order valence-electron chi connectivity index (χ4n) is 6.04. The molecule has 0 aromatic heterocycles. The smallest absolute Gasteiger partial charge is 0.127 e. The molecule has 0 bridgehead atoms. The lowest BCUT2D eigenvalue weighted by molar-refractivity contribution is -0.404. The highest BCUT2D eigenvalue weighted by atomic mass is 16.3. The molecule has 0 spiro atoms. The van der Waals surface area contributed by atoms with E-state index in [1.165, 1.54) is 44.2 Å². The molecule has 3 atom stereocenters. The van der Waals surface area contributed by atoms with Crippen molar-refractivity contribution in [2.24, 2.45) is 11.8 Å². The summed E-state index contributed by atoms with van der Waals surface area (Å²) in [4.78, 5) is 0. The van der Waals surface area contributed by atoms with Crippen LogP contribution in [0.5, 0.6) is 11.5 Å². The van der Waals surface area contributed by atoms with Gasteiger partial charge in [-0.05, 0) is 66.4 Å². The zero-order chi connectivity index (χ0) is 26.8. The molecule has 3 aliphatic rings. The fourth-order valence-corrected chi connectivity index (χ4v) is 6.04. The van der Waals surface area contributed by atoms with Gasteiger partial charge in [0.1, 0.15) is 11.5 Å². The number of aliphatic hydroxyl groups is 2. The summed E-state index contributed by atoms with van der Waals surface area (Å²) < 4.78 is 0. The van der Waals surface area contributed by atoms with Crippen LogP contribution in [-0.4, -0.2) is 38.7 Å². The maximum Gasteiger partial charge on any atom is 0.127 e. The average molecular weight is 515 g/mol. The van der Waals surface area contributed by atoms with Crippen LogP contribution in [0, 0.1) is 11.8 Å². The molecular formula is C32H34O6-2. The SMILES string of the molecule is [O-]C1=C(c2c(O)cc(/C=C/c3ccccc3)cc2O)C([O-])C1=C1C(O)CC(/C=C/C2CCCCC2)CC1O. The molecule has 2 aromatic carbocycles. The standard InChI is InChI=1S/C32H35O6/c33-23-15-21(13-11-19-7-3-1-4-8-19)16-24(34)27(23)29-31(37)30(32(29)38)28-25(35)17-22(18-26(28)36)14-12-20-9-5-2-6-10-20/h1,3-4,7-8,11-16,20,22,25-26,31,33-36,38H,2,5-6,9-10,17-18H2/q-1/p-1/b13-11+,14-12+,30-28?. The first-order chi connectivity index (χ1) is 18.3. The summed E-state index contributed by atoms with van der Waals surface area (Å²) in [5, 5.41) is 69.1. The first-order valence-corrected chi connectivity index (χ1v) is 13.5. The molecule has 5 rings (SSSR count). The van der Waals surface area contributed by atoms with Gasteiger partial charge >= 0.3 is 0 Å². The van der Waals surface area contributed by atoms with Gasteiger partial charge < -0.3 is 30.6 Å². The number of phenols is 2. The number of aliphatic hydroxyl groups excluding tert-OH is 2. The van der Waals surface area contributed by atoms with Gasteiger partial charge in [-0.1, -0.05) is 91.1 Å². The number of allylic oxidation sites excluding steroid dienone is 2. The fraction of sp³-hybridized carbons (Fsp3) is 0.375. The Morgan fingerprint density at radius 1 is 0.737 bits per heavy atom. The highest BCUT2D eigenvalue weighted by Crippen LogP contribution is 2.48. The molecule has 2 saturated carbocycles. The van der Waals surface area contributed by atoms with Crippen molar-refractivity contribution in [3.05, 3.63) is 88.2 Å². The molecule has 0 radical (unpaired) electrons. The maximum atomic E-state index is 13.2. The Balaban J connectivity index is 1.36. The number of rotatable bonds is 5. The van der Waals surface area contributed by atoms with Crippen LogP contribution in [0.1, 0.15) is 61.6 Å². The Morgan fingerprint density at radius 2 is 1.32 bits per heavy atom. The van der Waals surface area contributed by atoms with Gasteiger partial charge in [0.25, 0.3) is 0 Å². The third kappa shape index (κ3) is 5.30.